The average molecular weight is 320 g/mol. The largest absolute Gasteiger partial charge is 0.374 e. The number of ether oxygens (including phenoxy) is 1. The molecule has 0 atom stereocenters. The SMILES string of the molecule is CNCCNCc1[nH]ncc1C1CCC2(CC1)CC(C)(C)CO2. The highest BCUT2D eigenvalue weighted by Gasteiger charge is 2.46. The number of aromatic nitrogens is 2. The molecular formula is C18H32N4O. The molecule has 1 saturated heterocycles. The lowest BCUT2D eigenvalue weighted by Crippen LogP contribution is -2.33. The molecule has 1 aliphatic heterocycles. The summed E-state index contributed by atoms with van der Waals surface area (Å²) in [5.41, 5.74) is 3.18. The van der Waals surface area contributed by atoms with Crippen LogP contribution in [0.3, 0.4) is 0 Å². The van der Waals surface area contributed by atoms with Gasteiger partial charge in [-0.15, -0.1) is 0 Å². The molecule has 1 aromatic rings. The fourth-order valence-electron chi connectivity index (χ4n) is 4.34. The predicted molar refractivity (Wildman–Crippen MR) is 92.5 cm³/mol. The molecule has 1 spiro atoms. The van der Waals surface area contributed by atoms with E-state index in [2.05, 4.69) is 34.7 Å². The van der Waals surface area contributed by atoms with Crippen LogP contribution in [0.1, 0.15) is 63.1 Å². The van der Waals surface area contributed by atoms with Crippen molar-refractivity contribution in [3.63, 3.8) is 0 Å². The van der Waals surface area contributed by atoms with Crippen LogP contribution in [0.4, 0.5) is 0 Å². The van der Waals surface area contributed by atoms with Gasteiger partial charge in [-0.3, -0.25) is 5.10 Å². The van der Waals surface area contributed by atoms with E-state index in [1.807, 2.05) is 13.2 Å². The first-order valence-electron chi connectivity index (χ1n) is 9.05. The fraction of sp³-hybridized carbons (Fsp3) is 0.833. The second-order valence-electron chi connectivity index (χ2n) is 8.17. The molecular weight excluding hydrogens is 288 g/mol. The summed E-state index contributed by atoms with van der Waals surface area (Å²) in [4.78, 5) is 0. The van der Waals surface area contributed by atoms with Crippen LogP contribution < -0.4 is 10.6 Å². The number of hydrogen-bond donors (Lipinski definition) is 3. The van der Waals surface area contributed by atoms with Crippen molar-refractivity contribution < 1.29 is 4.74 Å². The molecule has 130 valence electrons. The highest BCUT2D eigenvalue weighted by Crippen LogP contribution is 2.49. The van der Waals surface area contributed by atoms with Crippen molar-refractivity contribution in [2.24, 2.45) is 5.41 Å². The Kier molecular flexibility index (Phi) is 5.09. The van der Waals surface area contributed by atoms with E-state index in [-0.39, 0.29) is 5.60 Å². The van der Waals surface area contributed by atoms with Gasteiger partial charge in [-0.25, -0.2) is 0 Å². The number of H-pyrrole nitrogens is 1. The number of hydrogen-bond acceptors (Lipinski definition) is 4. The van der Waals surface area contributed by atoms with Crippen LogP contribution in [0.25, 0.3) is 0 Å². The summed E-state index contributed by atoms with van der Waals surface area (Å²) in [6, 6.07) is 0. The quantitative estimate of drug-likeness (QED) is 0.705. The molecule has 5 heteroatoms. The van der Waals surface area contributed by atoms with Crippen molar-refractivity contribution in [2.45, 2.75) is 64.0 Å². The van der Waals surface area contributed by atoms with Crippen molar-refractivity contribution in [3.05, 3.63) is 17.5 Å². The van der Waals surface area contributed by atoms with Gasteiger partial charge in [0.15, 0.2) is 0 Å². The highest BCUT2D eigenvalue weighted by molar-refractivity contribution is 5.22. The van der Waals surface area contributed by atoms with E-state index in [1.165, 1.54) is 43.4 Å². The van der Waals surface area contributed by atoms with Crippen LogP contribution in [0.5, 0.6) is 0 Å². The molecule has 0 aromatic carbocycles. The Bertz CT molecular complexity index is 503. The number of nitrogens with zero attached hydrogens (tertiary/aromatic N) is 1. The summed E-state index contributed by atoms with van der Waals surface area (Å²) < 4.78 is 6.24. The van der Waals surface area contributed by atoms with Gasteiger partial charge in [0.05, 0.1) is 24.1 Å². The summed E-state index contributed by atoms with van der Waals surface area (Å²) >= 11 is 0. The molecule has 5 nitrogen and oxygen atoms in total. The molecule has 0 radical (unpaired) electrons. The smallest absolute Gasteiger partial charge is 0.0689 e. The van der Waals surface area contributed by atoms with Gasteiger partial charge in [-0.2, -0.15) is 5.10 Å². The molecule has 1 aliphatic carbocycles. The minimum atomic E-state index is 0.162. The lowest BCUT2D eigenvalue weighted by Gasteiger charge is -2.37. The molecule has 0 unspecified atom stereocenters. The van der Waals surface area contributed by atoms with Crippen molar-refractivity contribution in [1.82, 2.24) is 20.8 Å². The molecule has 0 bridgehead atoms. The second-order valence-corrected chi connectivity index (χ2v) is 8.17. The zero-order valence-electron chi connectivity index (χ0n) is 14.9. The minimum absolute atomic E-state index is 0.162. The molecule has 3 rings (SSSR count). The second kappa shape index (κ2) is 6.91. The average Bonchev–Trinajstić information content (AvgIpc) is 3.10. The molecule has 3 N–H and O–H groups in total. The third kappa shape index (κ3) is 3.95. The zero-order valence-corrected chi connectivity index (χ0v) is 14.9. The Labute approximate surface area is 140 Å². The fourth-order valence-corrected chi connectivity index (χ4v) is 4.34. The molecule has 2 fully saturated rings. The van der Waals surface area contributed by atoms with Crippen molar-refractivity contribution in [3.8, 4) is 0 Å². The number of aromatic amines is 1. The molecule has 1 aromatic heterocycles. The number of rotatable bonds is 6. The summed E-state index contributed by atoms with van der Waals surface area (Å²) in [5, 5.41) is 14.1. The topological polar surface area (TPSA) is 62.0 Å². The summed E-state index contributed by atoms with van der Waals surface area (Å²) in [5.74, 6) is 0.632. The molecule has 2 aliphatic rings. The van der Waals surface area contributed by atoms with Crippen molar-refractivity contribution in [2.75, 3.05) is 26.7 Å². The van der Waals surface area contributed by atoms with Crippen LogP contribution in [-0.2, 0) is 11.3 Å². The Balaban J connectivity index is 1.55. The van der Waals surface area contributed by atoms with Crippen LogP contribution in [0, 0.1) is 5.41 Å². The van der Waals surface area contributed by atoms with E-state index in [0.717, 1.165) is 26.2 Å². The van der Waals surface area contributed by atoms with Crippen LogP contribution in [-0.4, -0.2) is 42.5 Å². The summed E-state index contributed by atoms with van der Waals surface area (Å²) in [6.45, 7) is 8.43. The molecule has 2 heterocycles. The third-order valence-electron chi connectivity index (χ3n) is 5.51. The Hall–Kier alpha value is -0.910. The van der Waals surface area contributed by atoms with Gasteiger partial charge >= 0.3 is 0 Å². The maximum Gasteiger partial charge on any atom is 0.0689 e. The maximum absolute atomic E-state index is 6.24. The standard InChI is InChI=1S/C18H32N4O/c1-17(2)12-18(23-13-17)6-4-14(5-7-18)15-10-21-22-16(15)11-20-9-8-19-3/h10,14,19-20H,4-9,11-13H2,1-3H3,(H,21,22). The van der Waals surface area contributed by atoms with E-state index < -0.39 is 0 Å². The van der Waals surface area contributed by atoms with Gasteiger partial charge in [0.25, 0.3) is 0 Å². The Morgan fingerprint density at radius 2 is 2.09 bits per heavy atom. The lowest BCUT2D eigenvalue weighted by atomic mass is 9.72. The normalized spacial score (nSPS) is 30.1. The van der Waals surface area contributed by atoms with Crippen LogP contribution in [0.15, 0.2) is 6.20 Å². The third-order valence-corrected chi connectivity index (χ3v) is 5.51. The molecule has 1 saturated carbocycles. The van der Waals surface area contributed by atoms with Gasteiger partial charge in [0, 0.05) is 19.6 Å². The first-order chi connectivity index (χ1) is 11.0. The first kappa shape index (κ1) is 16.9. The van der Waals surface area contributed by atoms with E-state index in [4.69, 9.17) is 4.74 Å². The predicted octanol–water partition coefficient (Wildman–Crippen LogP) is 2.56. The van der Waals surface area contributed by atoms with Gasteiger partial charge in [0.1, 0.15) is 0 Å². The van der Waals surface area contributed by atoms with Crippen molar-refractivity contribution in [1.29, 1.82) is 0 Å². The van der Waals surface area contributed by atoms with E-state index >= 15 is 0 Å². The summed E-state index contributed by atoms with van der Waals surface area (Å²) in [6.07, 6.45) is 8.09. The number of likely N-dealkylation sites (N-methyl/N-ethyl adjacent to an activating group) is 1. The van der Waals surface area contributed by atoms with Crippen LogP contribution >= 0.6 is 0 Å². The van der Waals surface area contributed by atoms with E-state index in [9.17, 15) is 0 Å². The summed E-state index contributed by atoms with van der Waals surface area (Å²) in [7, 11) is 1.98. The van der Waals surface area contributed by atoms with Gasteiger partial charge < -0.3 is 15.4 Å². The lowest BCUT2D eigenvalue weighted by molar-refractivity contribution is -0.0293. The maximum atomic E-state index is 6.24. The van der Waals surface area contributed by atoms with E-state index in [0.29, 0.717) is 11.3 Å². The highest BCUT2D eigenvalue weighted by atomic mass is 16.5. The minimum Gasteiger partial charge on any atom is -0.374 e. The Morgan fingerprint density at radius 1 is 1.30 bits per heavy atom. The van der Waals surface area contributed by atoms with Crippen molar-refractivity contribution >= 4 is 0 Å². The first-order valence-corrected chi connectivity index (χ1v) is 9.05. The molecule has 23 heavy (non-hydrogen) atoms. The van der Waals surface area contributed by atoms with E-state index in [1.54, 1.807) is 0 Å². The van der Waals surface area contributed by atoms with Gasteiger partial charge in [-0.05, 0) is 56.0 Å². The monoisotopic (exact) mass is 320 g/mol. The zero-order chi connectivity index (χ0) is 16.3. The molecule has 0 amide bonds. The van der Waals surface area contributed by atoms with Gasteiger partial charge in [0.2, 0.25) is 0 Å². The number of nitrogens with one attached hydrogen (secondary N) is 3. The van der Waals surface area contributed by atoms with Gasteiger partial charge in [-0.1, -0.05) is 13.8 Å². The van der Waals surface area contributed by atoms with Crippen LogP contribution in [0.2, 0.25) is 0 Å². The Morgan fingerprint density at radius 3 is 2.74 bits per heavy atom.